The Balaban J connectivity index is 1.93. The van der Waals surface area contributed by atoms with Gasteiger partial charge in [-0.1, -0.05) is 24.9 Å². The lowest BCUT2D eigenvalue weighted by molar-refractivity contribution is -0.126. The van der Waals surface area contributed by atoms with Crippen LogP contribution < -0.4 is 5.32 Å². The summed E-state index contributed by atoms with van der Waals surface area (Å²) < 4.78 is 4.92. The molecule has 0 saturated heterocycles. The Morgan fingerprint density at radius 1 is 1.53 bits per heavy atom. The van der Waals surface area contributed by atoms with Gasteiger partial charge in [0.25, 0.3) is 0 Å². The van der Waals surface area contributed by atoms with Crippen molar-refractivity contribution in [1.29, 1.82) is 0 Å². The highest BCUT2D eigenvalue weighted by atomic mass is 16.5. The van der Waals surface area contributed by atoms with Crippen LogP contribution in [0.4, 0.5) is 0 Å². The first-order valence-corrected chi connectivity index (χ1v) is 6.84. The van der Waals surface area contributed by atoms with Crippen LogP contribution in [0.25, 0.3) is 0 Å². The number of aromatic nitrogens is 2. The molecule has 1 aromatic rings. The van der Waals surface area contributed by atoms with Gasteiger partial charge in [0.2, 0.25) is 11.8 Å². The molecule has 1 fully saturated rings. The highest BCUT2D eigenvalue weighted by molar-refractivity contribution is 5.77. The van der Waals surface area contributed by atoms with Gasteiger partial charge in [-0.3, -0.25) is 4.79 Å². The molecule has 6 nitrogen and oxygen atoms in total. The van der Waals surface area contributed by atoms with Crippen LogP contribution >= 0.6 is 0 Å². The average Bonchev–Trinajstić information content (AvgIpc) is 2.95. The first-order chi connectivity index (χ1) is 9.02. The molecule has 1 heterocycles. The van der Waals surface area contributed by atoms with Gasteiger partial charge < -0.3 is 14.9 Å². The number of hydrogen-bond donors (Lipinski definition) is 2. The number of hydrogen-bond acceptors (Lipinski definition) is 5. The highest BCUT2D eigenvalue weighted by Gasteiger charge is 2.34. The van der Waals surface area contributed by atoms with Crippen LogP contribution in [0.1, 0.15) is 63.2 Å². The molecule has 2 rings (SSSR count). The lowest BCUT2D eigenvalue weighted by Gasteiger charge is -2.22. The van der Waals surface area contributed by atoms with Crippen LogP contribution in [0.5, 0.6) is 0 Å². The van der Waals surface area contributed by atoms with Crippen molar-refractivity contribution in [3.8, 4) is 0 Å². The Morgan fingerprint density at radius 2 is 2.21 bits per heavy atom. The van der Waals surface area contributed by atoms with E-state index in [-0.39, 0.29) is 18.4 Å². The molecule has 1 amide bonds. The van der Waals surface area contributed by atoms with E-state index in [1.165, 1.54) is 0 Å². The molecule has 19 heavy (non-hydrogen) atoms. The smallest absolute Gasteiger partial charge is 0.223 e. The predicted molar refractivity (Wildman–Crippen MR) is 68.2 cm³/mol. The van der Waals surface area contributed by atoms with E-state index in [0.29, 0.717) is 31.0 Å². The van der Waals surface area contributed by atoms with E-state index < -0.39 is 5.60 Å². The summed E-state index contributed by atoms with van der Waals surface area (Å²) in [6, 6.07) is -0.255. The molecular weight excluding hydrogens is 246 g/mol. The zero-order valence-corrected chi connectivity index (χ0v) is 11.5. The third-order valence-electron chi connectivity index (χ3n) is 3.62. The quantitative estimate of drug-likeness (QED) is 0.846. The van der Waals surface area contributed by atoms with E-state index in [1.54, 1.807) is 6.92 Å². The molecule has 1 aliphatic rings. The second-order valence-electron chi connectivity index (χ2n) is 5.31. The van der Waals surface area contributed by atoms with Gasteiger partial charge in [0.1, 0.15) is 0 Å². The van der Waals surface area contributed by atoms with E-state index in [0.717, 1.165) is 12.8 Å². The van der Waals surface area contributed by atoms with Crippen LogP contribution in [0, 0.1) is 6.92 Å². The van der Waals surface area contributed by atoms with Crippen LogP contribution in [-0.2, 0) is 4.79 Å². The lowest BCUT2D eigenvalue weighted by Crippen LogP contribution is -2.36. The maximum atomic E-state index is 12.0. The van der Waals surface area contributed by atoms with Crippen molar-refractivity contribution in [1.82, 2.24) is 15.5 Å². The molecule has 1 atom stereocenters. The van der Waals surface area contributed by atoms with Crippen molar-refractivity contribution in [3.63, 3.8) is 0 Å². The number of amides is 1. The summed E-state index contributed by atoms with van der Waals surface area (Å²) in [4.78, 5) is 16.1. The number of rotatable bonds is 5. The van der Waals surface area contributed by atoms with Gasteiger partial charge in [-0.05, 0) is 19.3 Å². The molecular formula is C13H21N3O3. The van der Waals surface area contributed by atoms with Gasteiger partial charge in [0, 0.05) is 6.92 Å². The fourth-order valence-electron chi connectivity index (χ4n) is 2.56. The number of aliphatic hydroxyl groups is 1. The molecule has 0 aliphatic heterocycles. The number of carbonyl (C=O) groups excluding carboxylic acids is 1. The molecule has 0 aromatic carbocycles. The van der Waals surface area contributed by atoms with Crippen molar-refractivity contribution in [2.24, 2.45) is 0 Å². The highest BCUT2D eigenvalue weighted by Crippen LogP contribution is 2.32. The monoisotopic (exact) mass is 267 g/mol. The normalized spacial score (nSPS) is 19.3. The molecule has 6 heteroatoms. The summed E-state index contributed by atoms with van der Waals surface area (Å²) in [5.74, 6) is 0.822. The van der Waals surface area contributed by atoms with Crippen LogP contribution in [-0.4, -0.2) is 26.8 Å². The SMILES string of the molecule is CCC(NC(=O)CC1(O)CCCC1)c1noc(C)n1. The molecule has 1 aromatic heterocycles. The number of aryl methyl sites for hydroxylation is 1. The topological polar surface area (TPSA) is 88.2 Å². The third-order valence-corrected chi connectivity index (χ3v) is 3.62. The molecule has 106 valence electrons. The maximum absolute atomic E-state index is 12.0. The Bertz CT molecular complexity index is 438. The van der Waals surface area contributed by atoms with E-state index >= 15 is 0 Å². The lowest BCUT2D eigenvalue weighted by atomic mass is 9.97. The second kappa shape index (κ2) is 5.69. The molecule has 1 aliphatic carbocycles. The first-order valence-electron chi connectivity index (χ1n) is 6.84. The number of nitrogens with one attached hydrogen (secondary N) is 1. The van der Waals surface area contributed by atoms with E-state index in [2.05, 4.69) is 15.5 Å². The van der Waals surface area contributed by atoms with E-state index in [1.807, 2.05) is 6.92 Å². The summed E-state index contributed by atoms with van der Waals surface area (Å²) in [5, 5.41) is 16.9. The standard InChI is InChI=1S/C13H21N3O3/c1-3-10(12-14-9(2)19-16-12)15-11(17)8-13(18)6-4-5-7-13/h10,18H,3-8H2,1-2H3,(H,15,17). The first kappa shape index (κ1) is 14.0. The van der Waals surface area contributed by atoms with Gasteiger partial charge in [0.05, 0.1) is 18.1 Å². The Morgan fingerprint density at radius 3 is 2.74 bits per heavy atom. The molecule has 1 unspecified atom stereocenters. The molecule has 1 saturated carbocycles. The van der Waals surface area contributed by atoms with Crippen molar-refractivity contribution in [2.45, 2.75) is 64.0 Å². The largest absolute Gasteiger partial charge is 0.389 e. The van der Waals surface area contributed by atoms with Gasteiger partial charge in [-0.15, -0.1) is 0 Å². The molecule has 0 bridgehead atoms. The van der Waals surface area contributed by atoms with Crippen molar-refractivity contribution in [3.05, 3.63) is 11.7 Å². The molecule has 0 radical (unpaired) electrons. The summed E-state index contributed by atoms with van der Waals surface area (Å²) >= 11 is 0. The minimum atomic E-state index is -0.824. The summed E-state index contributed by atoms with van der Waals surface area (Å²) in [6.07, 6.45) is 4.23. The zero-order valence-electron chi connectivity index (χ0n) is 11.5. The molecule has 2 N–H and O–H groups in total. The maximum Gasteiger partial charge on any atom is 0.223 e. The van der Waals surface area contributed by atoms with Crippen molar-refractivity contribution >= 4 is 5.91 Å². The third kappa shape index (κ3) is 3.53. The number of nitrogens with zero attached hydrogens (tertiary/aromatic N) is 2. The Hall–Kier alpha value is -1.43. The van der Waals surface area contributed by atoms with Gasteiger partial charge in [-0.2, -0.15) is 4.98 Å². The number of carbonyl (C=O) groups is 1. The van der Waals surface area contributed by atoms with Gasteiger partial charge >= 0.3 is 0 Å². The summed E-state index contributed by atoms with van der Waals surface area (Å²) in [6.45, 7) is 3.66. The summed E-state index contributed by atoms with van der Waals surface area (Å²) in [7, 11) is 0. The van der Waals surface area contributed by atoms with Crippen LogP contribution in [0.15, 0.2) is 4.52 Å². The van der Waals surface area contributed by atoms with Crippen molar-refractivity contribution in [2.75, 3.05) is 0 Å². The second-order valence-corrected chi connectivity index (χ2v) is 5.31. The van der Waals surface area contributed by atoms with Crippen LogP contribution in [0.2, 0.25) is 0 Å². The fourth-order valence-corrected chi connectivity index (χ4v) is 2.56. The zero-order chi connectivity index (χ0) is 13.9. The summed E-state index contributed by atoms with van der Waals surface area (Å²) in [5.41, 5.74) is -0.824. The van der Waals surface area contributed by atoms with Gasteiger partial charge in [0.15, 0.2) is 5.82 Å². The van der Waals surface area contributed by atoms with Crippen molar-refractivity contribution < 1.29 is 14.4 Å². The van der Waals surface area contributed by atoms with E-state index in [4.69, 9.17) is 4.52 Å². The Labute approximate surface area is 112 Å². The molecule has 0 spiro atoms. The minimum Gasteiger partial charge on any atom is -0.389 e. The Kier molecular flexibility index (Phi) is 4.19. The van der Waals surface area contributed by atoms with Gasteiger partial charge in [-0.25, -0.2) is 0 Å². The average molecular weight is 267 g/mol. The van der Waals surface area contributed by atoms with E-state index in [9.17, 15) is 9.90 Å². The predicted octanol–water partition coefficient (Wildman–Crippen LogP) is 1.64. The minimum absolute atomic E-state index is 0.153. The van der Waals surface area contributed by atoms with Crippen LogP contribution in [0.3, 0.4) is 0 Å². The fraction of sp³-hybridized carbons (Fsp3) is 0.769.